The van der Waals surface area contributed by atoms with E-state index in [1.807, 2.05) is 19.1 Å². The van der Waals surface area contributed by atoms with Gasteiger partial charge in [-0.05, 0) is 65.8 Å². The first-order chi connectivity index (χ1) is 22.2. The number of nitrogens with zero attached hydrogens (tertiary/aromatic N) is 3. The summed E-state index contributed by atoms with van der Waals surface area (Å²) in [4.78, 5) is 32.5. The second-order valence-electron chi connectivity index (χ2n) is 11.2. The van der Waals surface area contributed by atoms with E-state index in [1.54, 1.807) is 39.9 Å². The predicted octanol–water partition coefficient (Wildman–Crippen LogP) is 6.78. The number of thioether (sulfide) groups is 1. The summed E-state index contributed by atoms with van der Waals surface area (Å²) in [6.07, 6.45) is -0.630. The number of aromatic nitrogens is 2. The standard InChI is InChI=1S/C34H35F4N3O4S2/c1-3-18-40(20-24-6-10-26(11-7-24)27-12-14-29(15-13-27)34(36,37)38)31(42)22-41-21-28(5-4-19-47(2,44)45)32(43)39-33(41)46-23-25-8-16-30(35)17-9-25/h6-17,21H,3-5,18-20,22-23H2,1-2H3. The van der Waals surface area contributed by atoms with Crippen molar-refractivity contribution in [3.63, 3.8) is 0 Å². The van der Waals surface area contributed by atoms with Crippen LogP contribution in [-0.2, 0) is 46.1 Å². The third kappa shape index (κ3) is 10.8. The highest BCUT2D eigenvalue weighted by molar-refractivity contribution is 7.98. The van der Waals surface area contributed by atoms with E-state index in [0.29, 0.717) is 35.0 Å². The normalized spacial score (nSPS) is 11.9. The second kappa shape index (κ2) is 15.7. The lowest BCUT2D eigenvalue weighted by Crippen LogP contribution is -2.35. The minimum atomic E-state index is -4.41. The summed E-state index contributed by atoms with van der Waals surface area (Å²) >= 11 is 1.23. The van der Waals surface area contributed by atoms with Gasteiger partial charge in [-0.3, -0.25) is 9.59 Å². The Labute approximate surface area is 275 Å². The van der Waals surface area contributed by atoms with E-state index in [2.05, 4.69) is 4.98 Å². The number of halogens is 4. The molecule has 0 unspecified atom stereocenters. The van der Waals surface area contributed by atoms with Crippen molar-refractivity contribution >= 4 is 27.5 Å². The Morgan fingerprint density at radius 3 is 2.11 bits per heavy atom. The Bertz CT molecular complexity index is 1830. The fourth-order valence-corrected chi connectivity index (χ4v) is 6.44. The van der Waals surface area contributed by atoms with Crippen molar-refractivity contribution in [3.8, 4) is 11.1 Å². The number of alkyl halides is 3. The molecule has 0 atom stereocenters. The van der Waals surface area contributed by atoms with Gasteiger partial charge in [0.05, 0.1) is 11.3 Å². The Morgan fingerprint density at radius 2 is 1.53 bits per heavy atom. The van der Waals surface area contributed by atoms with Gasteiger partial charge < -0.3 is 9.47 Å². The Kier molecular flexibility index (Phi) is 12.0. The third-order valence-electron chi connectivity index (χ3n) is 7.30. The molecule has 0 fully saturated rings. The van der Waals surface area contributed by atoms with Crippen LogP contribution in [0.2, 0.25) is 0 Å². The minimum Gasteiger partial charge on any atom is -0.337 e. The molecule has 0 aliphatic carbocycles. The van der Waals surface area contributed by atoms with E-state index in [4.69, 9.17) is 0 Å². The van der Waals surface area contributed by atoms with Crippen molar-refractivity contribution in [1.29, 1.82) is 0 Å². The average molecular weight is 690 g/mol. The van der Waals surface area contributed by atoms with E-state index in [-0.39, 0.29) is 43.4 Å². The molecule has 250 valence electrons. The number of hydrogen-bond donors (Lipinski definition) is 0. The first kappa shape index (κ1) is 35.9. The molecule has 1 heterocycles. The lowest BCUT2D eigenvalue weighted by molar-refractivity contribution is -0.137. The molecule has 0 aliphatic rings. The Hall–Kier alpha value is -3.97. The molecule has 4 aromatic rings. The van der Waals surface area contributed by atoms with Crippen LogP contribution in [0.3, 0.4) is 0 Å². The number of amides is 1. The zero-order valence-electron chi connectivity index (χ0n) is 26.0. The van der Waals surface area contributed by atoms with E-state index >= 15 is 0 Å². The molecular formula is C34H35F4N3O4S2. The van der Waals surface area contributed by atoms with Crippen molar-refractivity contribution in [3.05, 3.63) is 117 Å². The summed E-state index contributed by atoms with van der Waals surface area (Å²) in [6.45, 7) is 2.56. The van der Waals surface area contributed by atoms with Gasteiger partial charge >= 0.3 is 6.18 Å². The van der Waals surface area contributed by atoms with Crippen molar-refractivity contribution in [2.24, 2.45) is 0 Å². The van der Waals surface area contributed by atoms with E-state index in [1.165, 1.54) is 36.0 Å². The maximum Gasteiger partial charge on any atom is 0.416 e. The molecule has 1 aromatic heterocycles. The van der Waals surface area contributed by atoms with Crippen LogP contribution >= 0.6 is 11.8 Å². The zero-order chi connectivity index (χ0) is 34.2. The Balaban J connectivity index is 1.53. The van der Waals surface area contributed by atoms with Crippen LogP contribution in [0.5, 0.6) is 0 Å². The molecule has 4 rings (SSSR count). The van der Waals surface area contributed by atoms with Crippen LogP contribution in [-0.4, -0.2) is 47.3 Å². The smallest absolute Gasteiger partial charge is 0.337 e. The fourth-order valence-electron chi connectivity index (χ4n) is 4.86. The highest BCUT2D eigenvalue weighted by Gasteiger charge is 2.30. The van der Waals surface area contributed by atoms with Crippen molar-refractivity contribution < 1.29 is 30.8 Å². The van der Waals surface area contributed by atoms with Gasteiger partial charge in [0, 0.05) is 36.9 Å². The van der Waals surface area contributed by atoms with Crippen molar-refractivity contribution in [2.45, 2.75) is 56.4 Å². The molecule has 0 aliphatic heterocycles. The molecule has 0 saturated heterocycles. The summed E-state index contributed by atoms with van der Waals surface area (Å²) < 4.78 is 77.1. The molecule has 47 heavy (non-hydrogen) atoms. The summed E-state index contributed by atoms with van der Waals surface area (Å²) in [6, 6.07) is 18.1. The van der Waals surface area contributed by atoms with Gasteiger partial charge in [-0.1, -0.05) is 67.2 Å². The molecule has 3 aromatic carbocycles. The molecule has 0 N–H and O–H groups in total. The number of hydrogen-bond acceptors (Lipinski definition) is 6. The topological polar surface area (TPSA) is 89.3 Å². The van der Waals surface area contributed by atoms with E-state index < -0.39 is 27.1 Å². The van der Waals surface area contributed by atoms with Gasteiger partial charge in [0.2, 0.25) is 5.91 Å². The highest BCUT2D eigenvalue weighted by atomic mass is 32.2. The summed E-state index contributed by atoms with van der Waals surface area (Å²) in [7, 11) is -3.22. The van der Waals surface area contributed by atoms with Crippen molar-refractivity contribution in [2.75, 3.05) is 18.6 Å². The number of carbonyl (C=O) groups excluding carboxylic acids is 1. The highest BCUT2D eigenvalue weighted by Crippen LogP contribution is 2.31. The van der Waals surface area contributed by atoms with Crippen LogP contribution < -0.4 is 5.56 Å². The maximum absolute atomic E-state index is 13.7. The number of aryl methyl sites for hydroxylation is 1. The van der Waals surface area contributed by atoms with E-state index in [9.17, 15) is 35.6 Å². The van der Waals surface area contributed by atoms with E-state index in [0.717, 1.165) is 35.1 Å². The SMILES string of the molecule is CCCN(Cc1ccc(-c2ccc(C(F)(F)F)cc2)cc1)C(=O)Cn1cc(CCCS(C)(=O)=O)c(=O)nc1SCc1ccc(F)cc1. The van der Waals surface area contributed by atoms with Crippen LogP contribution in [0, 0.1) is 5.82 Å². The number of benzene rings is 3. The maximum atomic E-state index is 13.7. The monoisotopic (exact) mass is 689 g/mol. The molecule has 13 heteroatoms. The third-order valence-corrected chi connectivity index (χ3v) is 9.39. The van der Waals surface area contributed by atoms with Crippen LogP contribution in [0.4, 0.5) is 17.6 Å². The van der Waals surface area contributed by atoms with Crippen molar-refractivity contribution in [1.82, 2.24) is 14.5 Å². The first-order valence-electron chi connectivity index (χ1n) is 14.9. The van der Waals surface area contributed by atoms with Gasteiger partial charge in [-0.15, -0.1) is 0 Å². The number of sulfone groups is 1. The average Bonchev–Trinajstić information content (AvgIpc) is 3.01. The van der Waals surface area contributed by atoms with Gasteiger partial charge in [-0.2, -0.15) is 18.2 Å². The van der Waals surface area contributed by atoms with Gasteiger partial charge in [0.1, 0.15) is 22.2 Å². The summed E-state index contributed by atoms with van der Waals surface area (Å²) in [5.41, 5.74) is 2.08. The van der Waals surface area contributed by atoms with Gasteiger partial charge in [0.15, 0.2) is 5.16 Å². The summed E-state index contributed by atoms with van der Waals surface area (Å²) in [5.74, 6) is -0.315. The quantitative estimate of drug-likeness (QED) is 0.0825. The molecular weight excluding hydrogens is 655 g/mol. The zero-order valence-corrected chi connectivity index (χ0v) is 27.6. The molecule has 0 spiro atoms. The predicted molar refractivity (Wildman–Crippen MR) is 175 cm³/mol. The van der Waals surface area contributed by atoms with Crippen LogP contribution in [0.25, 0.3) is 11.1 Å². The number of rotatable bonds is 14. The molecule has 1 amide bonds. The lowest BCUT2D eigenvalue weighted by Gasteiger charge is -2.24. The van der Waals surface area contributed by atoms with Crippen LogP contribution in [0.15, 0.2) is 88.9 Å². The summed E-state index contributed by atoms with van der Waals surface area (Å²) in [5, 5.41) is 0.303. The van der Waals surface area contributed by atoms with Crippen LogP contribution in [0.1, 0.15) is 42.0 Å². The van der Waals surface area contributed by atoms with Gasteiger partial charge in [0.25, 0.3) is 5.56 Å². The molecule has 0 radical (unpaired) electrons. The Morgan fingerprint density at radius 1 is 0.936 bits per heavy atom. The fraction of sp³-hybridized carbons (Fsp3) is 0.324. The molecule has 7 nitrogen and oxygen atoms in total. The van der Waals surface area contributed by atoms with Gasteiger partial charge in [-0.25, -0.2) is 12.8 Å². The molecule has 0 bridgehead atoms. The lowest BCUT2D eigenvalue weighted by atomic mass is 10.0. The molecule has 0 saturated carbocycles. The minimum absolute atomic E-state index is 0.0889. The first-order valence-corrected chi connectivity index (χ1v) is 18.0. The number of carbonyl (C=O) groups is 1. The largest absolute Gasteiger partial charge is 0.416 e. The second-order valence-corrected chi connectivity index (χ2v) is 14.4.